The van der Waals surface area contributed by atoms with Crippen LogP contribution < -0.4 is 19.3 Å². The standard InChI is InChI=1S/C64H40N8O2/c1-5-21-41(22-6-1)59-65-60(42-23-7-2-8-24-42)68-63(67-59)49-39-45(71-51-29-13-17-33-55(51)73-56-34-18-14-30-52(56)71)38-48-47(49)37-46(72-53-31-15-19-35-57(53)74-58-36-20-16-32-54(58)72)40-50(48)64-69-61(43-25-9-3-10-26-43)66-62(70-64)44-27-11-4-12-28-44/h1-40H. The zero-order valence-corrected chi connectivity index (χ0v) is 39.5. The van der Waals surface area contributed by atoms with Crippen molar-refractivity contribution in [3.63, 3.8) is 0 Å². The summed E-state index contributed by atoms with van der Waals surface area (Å²) in [4.78, 5) is 36.4. The SMILES string of the molecule is c1ccc(-c2nc(-c3ccccc3)nc(-c3cc(N4c5ccccc5Oc5ccccc54)cc4c(-c5nc(-c6ccccc6)nc(-c6ccccc6)n5)cc(N5c6ccccc6Oc6ccccc65)cc34)n2)cc1. The molecule has 0 aliphatic carbocycles. The summed E-state index contributed by atoms with van der Waals surface area (Å²) >= 11 is 0. The number of para-hydroxylation sites is 8. The number of ether oxygens (including phenoxy) is 2. The Kier molecular flexibility index (Phi) is 10.2. The first-order valence-electron chi connectivity index (χ1n) is 24.4. The second kappa shape index (κ2) is 17.8. The minimum Gasteiger partial charge on any atom is -0.453 e. The molecule has 0 spiro atoms. The quantitative estimate of drug-likeness (QED) is 0.146. The van der Waals surface area contributed by atoms with Gasteiger partial charge in [-0.15, -0.1) is 0 Å². The Hall–Kier alpha value is -10.3. The summed E-state index contributed by atoms with van der Waals surface area (Å²) in [6, 6.07) is 81.5. The monoisotopic (exact) mass is 952 g/mol. The van der Waals surface area contributed by atoms with Crippen molar-refractivity contribution in [2.24, 2.45) is 0 Å². The maximum Gasteiger partial charge on any atom is 0.164 e. The lowest BCUT2D eigenvalue weighted by molar-refractivity contribution is 0.476. The molecule has 0 unspecified atom stereocenters. The molecule has 2 aromatic heterocycles. The smallest absolute Gasteiger partial charge is 0.164 e. The van der Waals surface area contributed by atoms with Crippen LogP contribution in [0.2, 0.25) is 0 Å². The van der Waals surface area contributed by atoms with Gasteiger partial charge in [0.25, 0.3) is 0 Å². The van der Waals surface area contributed by atoms with Crippen molar-refractivity contribution >= 4 is 44.9 Å². The fraction of sp³-hybridized carbons (Fsp3) is 0. The number of aromatic nitrogens is 6. The molecule has 0 radical (unpaired) electrons. The van der Waals surface area contributed by atoms with Crippen molar-refractivity contribution in [1.82, 2.24) is 29.9 Å². The van der Waals surface area contributed by atoms with E-state index in [1.54, 1.807) is 0 Å². The molecule has 2 aliphatic heterocycles. The highest BCUT2D eigenvalue weighted by atomic mass is 16.5. The van der Waals surface area contributed by atoms with E-state index in [0.717, 1.165) is 101 Å². The van der Waals surface area contributed by atoms with Crippen molar-refractivity contribution in [2.75, 3.05) is 9.80 Å². The molecule has 74 heavy (non-hydrogen) atoms. The van der Waals surface area contributed by atoms with Gasteiger partial charge in [0, 0.05) is 44.8 Å². The fourth-order valence-corrected chi connectivity index (χ4v) is 9.88. The lowest BCUT2D eigenvalue weighted by Gasteiger charge is -2.34. The Morgan fingerprint density at radius 2 is 0.486 bits per heavy atom. The van der Waals surface area contributed by atoms with Crippen molar-refractivity contribution in [2.45, 2.75) is 0 Å². The summed E-state index contributed by atoms with van der Waals surface area (Å²) in [5.41, 5.74) is 10.1. The van der Waals surface area contributed by atoms with Crippen LogP contribution in [-0.4, -0.2) is 29.9 Å². The van der Waals surface area contributed by atoms with Crippen LogP contribution in [0.3, 0.4) is 0 Å². The van der Waals surface area contributed by atoms with E-state index in [1.807, 2.05) is 194 Å². The van der Waals surface area contributed by atoms with Crippen molar-refractivity contribution in [3.05, 3.63) is 243 Å². The van der Waals surface area contributed by atoms with E-state index < -0.39 is 0 Å². The summed E-state index contributed by atoms with van der Waals surface area (Å²) in [6.45, 7) is 0. The van der Waals surface area contributed by atoms with Gasteiger partial charge in [-0.3, -0.25) is 0 Å². The number of nitrogens with zero attached hydrogens (tertiary/aromatic N) is 8. The van der Waals surface area contributed by atoms with Crippen LogP contribution in [-0.2, 0) is 0 Å². The van der Waals surface area contributed by atoms with E-state index in [0.29, 0.717) is 34.9 Å². The van der Waals surface area contributed by atoms with Gasteiger partial charge in [0.1, 0.15) is 0 Å². The molecule has 14 rings (SSSR count). The molecule has 10 heteroatoms. The molecule has 348 valence electrons. The van der Waals surface area contributed by atoms with E-state index in [-0.39, 0.29) is 0 Å². The third-order valence-corrected chi connectivity index (χ3v) is 13.3. The number of hydrogen-bond acceptors (Lipinski definition) is 10. The van der Waals surface area contributed by atoms with Crippen LogP contribution in [0, 0.1) is 0 Å². The molecule has 4 heterocycles. The number of fused-ring (bicyclic) bond motifs is 5. The molecule has 0 fully saturated rings. The van der Waals surface area contributed by atoms with Gasteiger partial charge in [0.2, 0.25) is 0 Å². The highest BCUT2D eigenvalue weighted by Gasteiger charge is 2.31. The summed E-state index contributed by atoms with van der Waals surface area (Å²) < 4.78 is 13.2. The van der Waals surface area contributed by atoms with Crippen molar-refractivity contribution < 1.29 is 9.47 Å². The van der Waals surface area contributed by atoms with Crippen LogP contribution >= 0.6 is 0 Å². The molecule has 0 N–H and O–H groups in total. The topological polar surface area (TPSA) is 102 Å². The summed E-state index contributed by atoms with van der Waals surface area (Å²) in [7, 11) is 0. The number of rotatable bonds is 8. The van der Waals surface area contributed by atoms with Gasteiger partial charge in [-0.2, -0.15) is 0 Å². The molecule has 10 nitrogen and oxygen atoms in total. The lowest BCUT2D eigenvalue weighted by atomic mass is 9.95. The first-order valence-corrected chi connectivity index (χ1v) is 24.4. The van der Waals surface area contributed by atoms with Gasteiger partial charge < -0.3 is 19.3 Å². The van der Waals surface area contributed by atoms with Gasteiger partial charge >= 0.3 is 0 Å². The Labute approximate surface area is 426 Å². The van der Waals surface area contributed by atoms with E-state index in [1.165, 1.54) is 0 Å². The average Bonchev–Trinajstić information content (AvgIpc) is 3.48. The Morgan fingerprint density at radius 3 is 0.770 bits per heavy atom. The van der Waals surface area contributed by atoms with Crippen molar-refractivity contribution in [1.29, 1.82) is 0 Å². The lowest BCUT2D eigenvalue weighted by Crippen LogP contribution is -2.17. The third kappa shape index (κ3) is 7.53. The van der Waals surface area contributed by atoms with E-state index in [4.69, 9.17) is 39.4 Å². The van der Waals surface area contributed by atoms with Gasteiger partial charge in [-0.25, -0.2) is 29.9 Å². The number of anilines is 6. The minimum atomic E-state index is 0.482. The summed E-state index contributed by atoms with van der Waals surface area (Å²) in [5, 5.41) is 1.70. The van der Waals surface area contributed by atoms with E-state index in [9.17, 15) is 0 Å². The van der Waals surface area contributed by atoms with Gasteiger partial charge in [-0.1, -0.05) is 170 Å². The van der Waals surface area contributed by atoms with Crippen LogP contribution in [0.1, 0.15) is 0 Å². The van der Waals surface area contributed by atoms with E-state index >= 15 is 0 Å². The largest absolute Gasteiger partial charge is 0.453 e. The third-order valence-electron chi connectivity index (χ3n) is 13.3. The van der Waals surface area contributed by atoms with Gasteiger partial charge in [0.05, 0.1) is 22.7 Å². The second-order valence-electron chi connectivity index (χ2n) is 17.9. The molecule has 2 aliphatic rings. The fourth-order valence-electron chi connectivity index (χ4n) is 9.88. The highest BCUT2D eigenvalue weighted by molar-refractivity contribution is 6.09. The average molecular weight is 953 g/mol. The number of hydrogen-bond donors (Lipinski definition) is 0. The van der Waals surface area contributed by atoms with Gasteiger partial charge in [-0.05, 0) is 83.6 Å². The van der Waals surface area contributed by atoms with Gasteiger partial charge in [0.15, 0.2) is 57.9 Å². The Morgan fingerprint density at radius 1 is 0.243 bits per heavy atom. The molecular weight excluding hydrogens is 913 g/mol. The molecule has 0 atom stereocenters. The summed E-state index contributed by atoms with van der Waals surface area (Å²) in [6.07, 6.45) is 0. The maximum atomic E-state index is 6.59. The first-order chi connectivity index (χ1) is 36.7. The normalized spacial score (nSPS) is 12.2. The zero-order chi connectivity index (χ0) is 49.0. The Bertz CT molecular complexity index is 3630. The van der Waals surface area contributed by atoms with Crippen LogP contribution in [0.5, 0.6) is 23.0 Å². The molecule has 10 aromatic carbocycles. The summed E-state index contributed by atoms with van der Waals surface area (Å²) in [5.74, 6) is 6.03. The highest BCUT2D eigenvalue weighted by Crippen LogP contribution is 2.54. The predicted molar refractivity (Wildman–Crippen MR) is 293 cm³/mol. The maximum absolute atomic E-state index is 6.59. The molecule has 0 saturated carbocycles. The van der Waals surface area contributed by atoms with E-state index in [2.05, 4.69) is 58.3 Å². The molecule has 0 saturated heterocycles. The molecule has 12 aromatic rings. The number of benzene rings is 10. The zero-order valence-electron chi connectivity index (χ0n) is 39.5. The Balaban J connectivity index is 1.14. The second-order valence-corrected chi connectivity index (χ2v) is 17.9. The van der Waals surface area contributed by atoms with Crippen molar-refractivity contribution in [3.8, 4) is 91.3 Å². The molecular formula is C64H40N8O2. The first kappa shape index (κ1) is 42.5. The molecule has 0 bridgehead atoms. The van der Waals surface area contributed by atoms with Crippen LogP contribution in [0.25, 0.3) is 79.1 Å². The van der Waals surface area contributed by atoms with Crippen LogP contribution in [0.4, 0.5) is 34.1 Å². The molecule has 0 amide bonds. The predicted octanol–water partition coefficient (Wildman–Crippen LogP) is 16.4. The van der Waals surface area contributed by atoms with Crippen LogP contribution in [0.15, 0.2) is 243 Å². The minimum absolute atomic E-state index is 0.482.